The molecule has 4 atom stereocenters. The SMILES string of the molecule is CN[C@@H]1C[C@@H]2c3ccccc3[C@H]1C[C@H]2c1ccc(OC)cc1. The second kappa shape index (κ2) is 5.44. The Hall–Kier alpha value is -1.80. The van der Waals surface area contributed by atoms with Gasteiger partial charge in [-0.2, -0.15) is 0 Å². The summed E-state index contributed by atoms with van der Waals surface area (Å²) in [6.45, 7) is 0. The van der Waals surface area contributed by atoms with Crippen molar-refractivity contribution < 1.29 is 4.74 Å². The summed E-state index contributed by atoms with van der Waals surface area (Å²) >= 11 is 0. The number of fused-ring (bicyclic) bond motifs is 2. The van der Waals surface area contributed by atoms with Crippen molar-refractivity contribution in [1.29, 1.82) is 0 Å². The van der Waals surface area contributed by atoms with Crippen LogP contribution in [0.3, 0.4) is 0 Å². The largest absolute Gasteiger partial charge is 0.497 e. The number of rotatable bonds is 3. The fraction of sp³-hybridized carbons (Fsp3) is 0.400. The average Bonchev–Trinajstić information content (AvgIpc) is 2.61. The Balaban J connectivity index is 1.73. The van der Waals surface area contributed by atoms with E-state index in [-0.39, 0.29) is 0 Å². The van der Waals surface area contributed by atoms with Gasteiger partial charge < -0.3 is 10.1 Å². The molecule has 114 valence electrons. The van der Waals surface area contributed by atoms with E-state index in [1.54, 1.807) is 18.2 Å². The molecule has 1 saturated carbocycles. The first-order valence-electron chi connectivity index (χ1n) is 8.22. The Bertz CT molecular complexity index is 664. The van der Waals surface area contributed by atoms with Crippen LogP contribution in [0.2, 0.25) is 0 Å². The van der Waals surface area contributed by atoms with Gasteiger partial charge in [-0.3, -0.25) is 0 Å². The van der Waals surface area contributed by atoms with Gasteiger partial charge in [0.2, 0.25) is 0 Å². The van der Waals surface area contributed by atoms with Gasteiger partial charge in [-0.05, 0) is 60.5 Å². The zero-order valence-electron chi connectivity index (χ0n) is 13.3. The van der Waals surface area contributed by atoms with Crippen LogP contribution < -0.4 is 10.1 Å². The lowest BCUT2D eigenvalue weighted by Gasteiger charge is -2.48. The van der Waals surface area contributed by atoms with E-state index in [9.17, 15) is 0 Å². The van der Waals surface area contributed by atoms with Gasteiger partial charge in [0, 0.05) is 12.0 Å². The Morgan fingerprint density at radius 2 is 1.55 bits per heavy atom. The molecule has 2 aromatic carbocycles. The van der Waals surface area contributed by atoms with Crippen LogP contribution in [0.1, 0.15) is 47.3 Å². The van der Waals surface area contributed by atoms with Crippen molar-refractivity contribution in [3.63, 3.8) is 0 Å². The third-order valence-corrected chi connectivity index (χ3v) is 5.70. The molecule has 2 bridgehead atoms. The highest BCUT2D eigenvalue weighted by Crippen LogP contribution is 2.56. The number of hydrogen-bond acceptors (Lipinski definition) is 2. The standard InChI is InChI=1S/C20H23NO/c1-21-20-12-18-15-5-3-4-6-16(15)19(20)11-17(18)13-7-9-14(22-2)10-8-13/h3-10,17-21H,11-12H2,1-2H3/t17-,18+,19+,20+/m0/s1. The van der Waals surface area contributed by atoms with Crippen LogP contribution in [0.5, 0.6) is 5.75 Å². The number of nitrogens with one attached hydrogen (secondary N) is 1. The van der Waals surface area contributed by atoms with Gasteiger partial charge in [0.1, 0.15) is 5.75 Å². The second-order valence-corrected chi connectivity index (χ2v) is 6.59. The molecule has 0 amide bonds. The van der Waals surface area contributed by atoms with Crippen LogP contribution in [-0.2, 0) is 0 Å². The van der Waals surface area contributed by atoms with Gasteiger partial charge >= 0.3 is 0 Å². The normalized spacial score (nSPS) is 29.2. The average molecular weight is 293 g/mol. The maximum absolute atomic E-state index is 5.30. The number of methoxy groups -OCH3 is 1. The Morgan fingerprint density at radius 3 is 2.18 bits per heavy atom. The van der Waals surface area contributed by atoms with Crippen LogP contribution in [0, 0.1) is 0 Å². The lowest BCUT2D eigenvalue weighted by molar-refractivity contribution is 0.251. The Morgan fingerprint density at radius 1 is 0.864 bits per heavy atom. The summed E-state index contributed by atoms with van der Waals surface area (Å²) in [6.07, 6.45) is 2.49. The van der Waals surface area contributed by atoms with Crippen molar-refractivity contribution in [2.24, 2.45) is 0 Å². The summed E-state index contributed by atoms with van der Waals surface area (Å²) in [5, 5.41) is 3.55. The van der Waals surface area contributed by atoms with E-state index in [4.69, 9.17) is 4.74 Å². The predicted molar refractivity (Wildman–Crippen MR) is 89.7 cm³/mol. The smallest absolute Gasteiger partial charge is 0.118 e. The predicted octanol–water partition coefficient (Wildman–Crippen LogP) is 4.04. The summed E-state index contributed by atoms with van der Waals surface area (Å²) in [6, 6.07) is 18.4. The zero-order chi connectivity index (χ0) is 15.1. The molecule has 3 aliphatic rings. The minimum Gasteiger partial charge on any atom is -0.497 e. The van der Waals surface area contributed by atoms with E-state index in [0.717, 1.165) is 5.75 Å². The summed E-state index contributed by atoms with van der Waals surface area (Å²) < 4.78 is 5.30. The number of likely N-dealkylation sites (N-methyl/N-ethyl adjacent to an activating group) is 1. The topological polar surface area (TPSA) is 21.3 Å². The molecular weight excluding hydrogens is 270 g/mol. The number of hydrogen-bond donors (Lipinski definition) is 1. The lowest BCUT2D eigenvalue weighted by Crippen LogP contribution is -2.44. The third-order valence-electron chi connectivity index (χ3n) is 5.70. The number of ether oxygens (including phenoxy) is 1. The van der Waals surface area contributed by atoms with Crippen molar-refractivity contribution in [2.75, 3.05) is 14.2 Å². The molecule has 0 aromatic heterocycles. The van der Waals surface area contributed by atoms with Crippen LogP contribution in [0.4, 0.5) is 0 Å². The molecular formula is C20H23NO. The van der Waals surface area contributed by atoms with Gasteiger partial charge in [0.25, 0.3) is 0 Å². The Kier molecular flexibility index (Phi) is 3.42. The molecule has 1 fully saturated rings. The minimum atomic E-state index is 0.620. The molecule has 3 aliphatic carbocycles. The van der Waals surface area contributed by atoms with E-state index in [1.165, 1.54) is 18.4 Å². The summed E-state index contributed by atoms with van der Waals surface area (Å²) in [7, 11) is 3.84. The maximum atomic E-state index is 5.30. The van der Waals surface area contributed by atoms with Crippen LogP contribution in [-0.4, -0.2) is 20.2 Å². The highest BCUT2D eigenvalue weighted by atomic mass is 16.5. The van der Waals surface area contributed by atoms with E-state index in [0.29, 0.717) is 23.8 Å². The first-order chi connectivity index (χ1) is 10.8. The van der Waals surface area contributed by atoms with Crippen LogP contribution in [0.15, 0.2) is 48.5 Å². The van der Waals surface area contributed by atoms with Crippen LogP contribution >= 0.6 is 0 Å². The van der Waals surface area contributed by atoms with Crippen molar-refractivity contribution in [3.05, 3.63) is 65.2 Å². The van der Waals surface area contributed by atoms with Gasteiger partial charge in [0.15, 0.2) is 0 Å². The molecule has 0 heterocycles. The monoisotopic (exact) mass is 293 g/mol. The zero-order valence-corrected chi connectivity index (χ0v) is 13.3. The van der Waals surface area contributed by atoms with E-state index in [2.05, 4.69) is 60.9 Å². The van der Waals surface area contributed by atoms with Crippen molar-refractivity contribution in [1.82, 2.24) is 5.32 Å². The first kappa shape index (κ1) is 13.8. The van der Waals surface area contributed by atoms with Gasteiger partial charge in [-0.1, -0.05) is 36.4 Å². The van der Waals surface area contributed by atoms with Gasteiger partial charge in [0.05, 0.1) is 7.11 Å². The van der Waals surface area contributed by atoms with E-state index < -0.39 is 0 Å². The molecule has 0 aliphatic heterocycles. The molecule has 1 N–H and O–H groups in total. The van der Waals surface area contributed by atoms with Gasteiger partial charge in [-0.15, -0.1) is 0 Å². The van der Waals surface area contributed by atoms with Crippen molar-refractivity contribution in [2.45, 2.75) is 36.6 Å². The maximum Gasteiger partial charge on any atom is 0.118 e. The summed E-state index contributed by atoms with van der Waals surface area (Å²) in [5.41, 5.74) is 4.61. The fourth-order valence-electron chi connectivity index (χ4n) is 4.62. The molecule has 0 unspecified atom stereocenters. The second-order valence-electron chi connectivity index (χ2n) is 6.59. The molecule has 2 aromatic rings. The van der Waals surface area contributed by atoms with Crippen molar-refractivity contribution in [3.8, 4) is 5.75 Å². The number of benzene rings is 2. The lowest BCUT2D eigenvalue weighted by atomic mass is 9.58. The molecule has 0 spiro atoms. The minimum absolute atomic E-state index is 0.620. The van der Waals surface area contributed by atoms with Crippen molar-refractivity contribution >= 4 is 0 Å². The van der Waals surface area contributed by atoms with E-state index in [1.807, 2.05) is 0 Å². The van der Waals surface area contributed by atoms with E-state index >= 15 is 0 Å². The summed E-state index contributed by atoms with van der Waals surface area (Å²) in [5.74, 6) is 2.85. The molecule has 0 saturated heterocycles. The first-order valence-corrected chi connectivity index (χ1v) is 8.22. The Labute approximate surface area is 132 Å². The molecule has 2 heteroatoms. The molecule has 2 nitrogen and oxygen atoms in total. The highest BCUT2D eigenvalue weighted by Gasteiger charge is 2.44. The molecule has 5 rings (SSSR count). The molecule has 0 radical (unpaired) electrons. The quantitative estimate of drug-likeness (QED) is 0.922. The summed E-state index contributed by atoms with van der Waals surface area (Å²) in [4.78, 5) is 0. The molecule has 22 heavy (non-hydrogen) atoms. The third kappa shape index (κ3) is 2.05. The highest BCUT2D eigenvalue weighted by molar-refractivity contribution is 5.45. The van der Waals surface area contributed by atoms with Gasteiger partial charge in [-0.25, -0.2) is 0 Å². The fourth-order valence-corrected chi connectivity index (χ4v) is 4.62. The van der Waals surface area contributed by atoms with Crippen LogP contribution in [0.25, 0.3) is 0 Å².